The summed E-state index contributed by atoms with van der Waals surface area (Å²) in [6.07, 6.45) is 0. The van der Waals surface area contributed by atoms with Crippen molar-refractivity contribution in [3.05, 3.63) is 0 Å². The fourth-order valence-electron chi connectivity index (χ4n) is 0.860. The monoisotopic (exact) mass is 372 g/mol. The lowest BCUT2D eigenvalue weighted by Crippen LogP contribution is -2.69. The van der Waals surface area contributed by atoms with E-state index < -0.39 is 40.0 Å². The highest BCUT2D eigenvalue weighted by atomic mass is 35.5. The van der Waals surface area contributed by atoms with Crippen LogP contribution in [0.25, 0.3) is 0 Å². The smallest absolute Gasteiger partial charge is 0.395 e. The second kappa shape index (κ2) is 5.00. The number of aliphatic carboxylic acids is 2. The molecular formula is C7H2Cl2F8O4. The van der Waals surface area contributed by atoms with Gasteiger partial charge in [-0.25, -0.2) is 18.4 Å². The lowest BCUT2D eigenvalue weighted by molar-refractivity contribution is -0.277. The summed E-state index contributed by atoms with van der Waals surface area (Å²) in [6.45, 7) is 0. The summed E-state index contributed by atoms with van der Waals surface area (Å²) in [6, 6.07) is 0. The molecule has 0 fully saturated rings. The highest BCUT2D eigenvalue weighted by molar-refractivity contribution is 6.30. The molecule has 0 aliphatic rings. The Morgan fingerprint density at radius 2 is 0.857 bits per heavy atom. The second-order valence-electron chi connectivity index (χ2n) is 3.48. The molecule has 0 amide bonds. The third-order valence-electron chi connectivity index (χ3n) is 2.11. The first kappa shape index (κ1) is 20.0. The zero-order valence-electron chi connectivity index (χ0n) is 8.99. The molecule has 0 saturated carbocycles. The Morgan fingerprint density at radius 3 is 1.00 bits per heavy atom. The first-order valence-electron chi connectivity index (χ1n) is 4.25. The van der Waals surface area contributed by atoms with Crippen molar-refractivity contribution in [2.45, 2.75) is 28.0 Å². The van der Waals surface area contributed by atoms with Crippen molar-refractivity contribution in [1.82, 2.24) is 0 Å². The van der Waals surface area contributed by atoms with E-state index in [0.717, 1.165) is 0 Å². The lowest BCUT2D eigenvalue weighted by Gasteiger charge is -2.39. The Kier molecular flexibility index (Phi) is 4.76. The molecule has 14 heteroatoms. The minimum Gasteiger partial charge on any atom is -0.477 e. The molecule has 21 heavy (non-hydrogen) atoms. The number of hydrogen-bond donors (Lipinski definition) is 2. The van der Waals surface area contributed by atoms with Gasteiger partial charge in [-0.05, 0) is 0 Å². The zero-order chi connectivity index (χ0) is 17.7. The molecule has 0 rings (SSSR count). The van der Waals surface area contributed by atoms with Crippen LogP contribution in [0, 0.1) is 0 Å². The maximum atomic E-state index is 13.2. The number of hydrogen-bond acceptors (Lipinski definition) is 2. The van der Waals surface area contributed by atoms with Crippen LogP contribution in [0.5, 0.6) is 0 Å². The maximum absolute atomic E-state index is 13.2. The van der Waals surface area contributed by atoms with E-state index in [2.05, 4.69) is 23.2 Å². The Labute approximate surface area is 119 Å². The van der Waals surface area contributed by atoms with Crippen LogP contribution in [0.15, 0.2) is 0 Å². The van der Waals surface area contributed by atoms with Gasteiger partial charge in [-0.15, -0.1) is 0 Å². The van der Waals surface area contributed by atoms with Gasteiger partial charge in [0.25, 0.3) is 0 Å². The van der Waals surface area contributed by atoms with Crippen LogP contribution in [0.3, 0.4) is 0 Å². The Hall–Kier alpha value is -1.04. The van der Waals surface area contributed by atoms with Crippen molar-refractivity contribution < 1.29 is 54.9 Å². The summed E-state index contributed by atoms with van der Waals surface area (Å²) < 4.78 is 104. The van der Waals surface area contributed by atoms with Crippen LogP contribution in [0.1, 0.15) is 0 Å². The molecule has 0 heterocycles. The molecule has 0 saturated heterocycles. The zero-order valence-corrected chi connectivity index (χ0v) is 10.5. The van der Waals surface area contributed by atoms with Crippen LogP contribution in [0.2, 0.25) is 0 Å². The van der Waals surface area contributed by atoms with E-state index in [1.165, 1.54) is 0 Å². The summed E-state index contributed by atoms with van der Waals surface area (Å²) in [4.78, 5) is 19.9. The molecule has 0 aliphatic heterocycles. The lowest BCUT2D eigenvalue weighted by atomic mass is 9.97. The van der Waals surface area contributed by atoms with Gasteiger partial charge in [0.1, 0.15) is 0 Å². The molecule has 0 aromatic heterocycles. The van der Waals surface area contributed by atoms with Crippen molar-refractivity contribution in [3.63, 3.8) is 0 Å². The van der Waals surface area contributed by atoms with Crippen LogP contribution in [0.4, 0.5) is 35.1 Å². The van der Waals surface area contributed by atoms with E-state index >= 15 is 0 Å². The molecule has 0 aromatic rings. The summed E-state index contributed by atoms with van der Waals surface area (Å²) in [5.74, 6) is -26.7. The second-order valence-corrected chi connectivity index (χ2v) is 4.52. The molecule has 0 aromatic carbocycles. The normalized spacial score (nSPS) is 19.5. The summed E-state index contributed by atoms with van der Waals surface area (Å²) >= 11 is 7.82. The van der Waals surface area contributed by atoms with Gasteiger partial charge in [0.2, 0.25) is 0 Å². The molecule has 2 atom stereocenters. The average molecular weight is 373 g/mol. The predicted molar refractivity (Wildman–Crippen MR) is 49.5 cm³/mol. The minimum atomic E-state index is -6.84. The predicted octanol–water partition coefficient (Wildman–Crippen LogP) is 2.87. The summed E-state index contributed by atoms with van der Waals surface area (Å²) in [5, 5.41) is 3.07. The van der Waals surface area contributed by atoms with Crippen LogP contribution < -0.4 is 0 Å². The van der Waals surface area contributed by atoms with Gasteiger partial charge in [-0.1, -0.05) is 23.2 Å². The molecule has 2 unspecified atom stereocenters. The van der Waals surface area contributed by atoms with Crippen molar-refractivity contribution >= 4 is 35.1 Å². The SMILES string of the molecule is O=C(O)C(F)(F)C(F)(Cl)C(F)(F)C(F)(Cl)C(F)(F)C(=O)O. The average Bonchev–Trinajstić information content (AvgIpc) is 2.27. The highest BCUT2D eigenvalue weighted by Gasteiger charge is 2.86. The number of carboxylic acids is 2. The largest absolute Gasteiger partial charge is 0.477 e. The topological polar surface area (TPSA) is 74.6 Å². The molecule has 0 bridgehead atoms. The molecule has 4 nitrogen and oxygen atoms in total. The number of carboxylic acid groups (broad SMARTS) is 2. The van der Waals surface area contributed by atoms with Crippen molar-refractivity contribution in [2.24, 2.45) is 0 Å². The molecule has 0 radical (unpaired) electrons. The Balaban J connectivity index is 6.21. The minimum absolute atomic E-state index is 3.66. The number of alkyl halides is 10. The molecular weight excluding hydrogens is 371 g/mol. The van der Waals surface area contributed by atoms with Gasteiger partial charge in [0.05, 0.1) is 0 Å². The van der Waals surface area contributed by atoms with Gasteiger partial charge in [-0.2, -0.15) is 26.3 Å². The fourth-order valence-corrected chi connectivity index (χ4v) is 1.33. The first-order valence-corrected chi connectivity index (χ1v) is 5.00. The van der Waals surface area contributed by atoms with Crippen molar-refractivity contribution in [3.8, 4) is 0 Å². The standard InChI is InChI=1S/C7H2Cl2F8O4/c8-5(14,3(10,11)1(18)19)7(16,17)6(9,15)4(12,13)2(20)21/h(H,18,19)(H,20,21). The summed E-state index contributed by atoms with van der Waals surface area (Å²) in [7, 11) is 0. The van der Waals surface area contributed by atoms with E-state index in [1.54, 1.807) is 0 Å². The van der Waals surface area contributed by atoms with E-state index in [4.69, 9.17) is 10.2 Å². The fraction of sp³-hybridized carbons (Fsp3) is 0.714. The summed E-state index contributed by atoms with van der Waals surface area (Å²) in [5.41, 5.74) is 0. The highest BCUT2D eigenvalue weighted by Crippen LogP contribution is 2.59. The van der Waals surface area contributed by atoms with Gasteiger partial charge in [-0.3, -0.25) is 0 Å². The molecule has 124 valence electrons. The number of rotatable bonds is 6. The van der Waals surface area contributed by atoms with Crippen molar-refractivity contribution in [1.29, 1.82) is 0 Å². The molecule has 2 N–H and O–H groups in total. The van der Waals surface area contributed by atoms with Gasteiger partial charge in [0.15, 0.2) is 0 Å². The van der Waals surface area contributed by atoms with Crippen LogP contribution in [-0.2, 0) is 9.59 Å². The van der Waals surface area contributed by atoms with Gasteiger partial charge >= 0.3 is 40.0 Å². The first-order chi connectivity index (χ1) is 8.89. The Bertz CT molecular complexity index is 424. The van der Waals surface area contributed by atoms with E-state index in [-0.39, 0.29) is 0 Å². The quantitative estimate of drug-likeness (QED) is 0.555. The third kappa shape index (κ3) is 2.47. The van der Waals surface area contributed by atoms with Crippen LogP contribution >= 0.6 is 23.2 Å². The van der Waals surface area contributed by atoms with E-state index in [9.17, 15) is 44.7 Å². The van der Waals surface area contributed by atoms with E-state index in [0.29, 0.717) is 0 Å². The Morgan fingerprint density at radius 1 is 0.667 bits per heavy atom. The van der Waals surface area contributed by atoms with Crippen molar-refractivity contribution in [2.75, 3.05) is 0 Å². The molecule has 0 spiro atoms. The van der Waals surface area contributed by atoms with Gasteiger partial charge in [0, 0.05) is 0 Å². The number of halogens is 10. The van der Waals surface area contributed by atoms with Gasteiger partial charge < -0.3 is 10.2 Å². The van der Waals surface area contributed by atoms with E-state index in [1.807, 2.05) is 0 Å². The third-order valence-corrected chi connectivity index (χ3v) is 3.06. The van der Waals surface area contributed by atoms with Crippen LogP contribution in [-0.4, -0.2) is 50.2 Å². The maximum Gasteiger partial charge on any atom is 0.395 e. The number of carbonyl (C=O) groups is 2. The molecule has 0 aliphatic carbocycles.